The zero-order chi connectivity index (χ0) is 20.8. The van der Waals surface area contributed by atoms with Gasteiger partial charge in [-0.3, -0.25) is 4.79 Å². The van der Waals surface area contributed by atoms with Crippen LogP contribution in [0.1, 0.15) is 34.8 Å². The summed E-state index contributed by atoms with van der Waals surface area (Å²) in [6.07, 6.45) is 2.90. The van der Waals surface area contributed by atoms with E-state index in [1.807, 2.05) is 13.0 Å². The van der Waals surface area contributed by atoms with Crippen molar-refractivity contribution in [2.24, 2.45) is 0 Å². The second-order valence-electron chi connectivity index (χ2n) is 6.88. The molecule has 6 nitrogen and oxygen atoms in total. The Morgan fingerprint density at radius 3 is 2.59 bits per heavy atom. The first kappa shape index (κ1) is 20.5. The molecule has 0 saturated carbocycles. The van der Waals surface area contributed by atoms with Crippen LogP contribution in [0.2, 0.25) is 0 Å². The predicted molar refractivity (Wildman–Crippen MR) is 110 cm³/mol. The van der Waals surface area contributed by atoms with Crippen molar-refractivity contribution in [3.05, 3.63) is 65.2 Å². The highest BCUT2D eigenvalue weighted by atomic mass is 16.5. The van der Waals surface area contributed by atoms with E-state index >= 15 is 0 Å². The van der Waals surface area contributed by atoms with Crippen molar-refractivity contribution in [3.8, 4) is 11.5 Å². The maximum Gasteiger partial charge on any atom is 0.341 e. The van der Waals surface area contributed by atoms with Gasteiger partial charge in [-0.2, -0.15) is 0 Å². The van der Waals surface area contributed by atoms with Gasteiger partial charge in [0.15, 0.2) is 18.1 Å². The van der Waals surface area contributed by atoms with Gasteiger partial charge in [-0.15, -0.1) is 0 Å². The zero-order valence-electron chi connectivity index (χ0n) is 16.7. The third-order valence-electron chi connectivity index (χ3n) is 4.73. The fourth-order valence-electron chi connectivity index (χ4n) is 3.31. The minimum Gasteiger partial charge on any atom is -0.490 e. The molecule has 0 unspecified atom stereocenters. The molecule has 0 radical (unpaired) electrons. The molecule has 1 aliphatic rings. The number of ether oxygens (including phenoxy) is 2. The van der Waals surface area contributed by atoms with Gasteiger partial charge in [-0.25, -0.2) is 4.79 Å². The van der Waals surface area contributed by atoms with Crippen molar-refractivity contribution in [3.63, 3.8) is 0 Å². The van der Waals surface area contributed by atoms with Gasteiger partial charge in [0, 0.05) is 18.7 Å². The lowest BCUT2D eigenvalue weighted by molar-refractivity contribution is -0.139. The highest BCUT2D eigenvalue weighted by Crippen LogP contribution is 2.30. The first-order valence-corrected chi connectivity index (χ1v) is 9.64. The van der Waals surface area contributed by atoms with E-state index in [9.17, 15) is 9.59 Å². The molecule has 2 aromatic rings. The van der Waals surface area contributed by atoms with Crippen LogP contribution in [-0.4, -0.2) is 48.2 Å². The number of hydrogen-bond acceptors (Lipinski definition) is 4. The van der Waals surface area contributed by atoms with E-state index in [1.165, 1.54) is 16.7 Å². The smallest absolute Gasteiger partial charge is 0.341 e. The molecule has 3 rings (SSSR count). The fourth-order valence-corrected chi connectivity index (χ4v) is 3.31. The third kappa shape index (κ3) is 5.16. The van der Waals surface area contributed by atoms with Gasteiger partial charge in [0.25, 0.3) is 5.91 Å². The number of benzene rings is 2. The van der Waals surface area contributed by atoms with E-state index in [1.54, 1.807) is 23.1 Å². The molecule has 0 fully saturated rings. The summed E-state index contributed by atoms with van der Waals surface area (Å²) in [6, 6.07) is 13.2. The standard InChI is InChI=1S/C23H25NO5/c1-3-28-21-14-19(7-8-20(21)29-15-22(25)26)23(27)24-11-9-17(10-12-24)18-6-4-5-16(2)13-18/h4-9,13-14H,3,10-12,15H2,1-2H3,(H,25,26). The van der Waals surface area contributed by atoms with Gasteiger partial charge in [0.1, 0.15) is 0 Å². The summed E-state index contributed by atoms with van der Waals surface area (Å²) in [5.41, 5.74) is 4.17. The number of nitrogens with zero attached hydrogens (tertiary/aromatic N) is 1. The van der Waals surface area contributed by atoms with Crippen LogP contribution in [0.15, 0.2) is 48.5 Å². The van der Waals surface area contributed by atoms with Gasteiger partial charge in [-0.05, 0) is 49.6 Å². The average molecular weight is 395 g/mol. The highest BCUT2D eigenvalue weighted by molar-refractivity contribution is 5.95. The molecule has 0 atom stereocenters. The Bertz CT molecular complexity index is 935. The van der Waals surface area contributed by atoms with Crippen LogP contribution < -0.4 is 9.47 Å². The molecule has 6 heteroatoms. The minimum absolute atomic E-state index is 0.0877. The number of carbonyl (C=O) groups is 2. The van der Waals surface area contributed by atoms with Gasteiger partial charge >= 0.3 is 5.97 Å². The molecule has 0 aliphatic carbocycles. The SMILES string of the molecule is CCOc1cc(C(=O)N2CC=C(c3cccc(C)c3)CC2)ccc1OCC(=O)O. The first-order valence-electron chi connectivity index (χ1n) is 9.64. The Labute approximate surface area is 170 Å². The van der Waals surface area contributed by atoms with Crippen molar-refractivity contribution < 1.29 is 24.2 Å². The first-order chi connectivity index (χ1) is 14.0. The highest BCUT2D eigenvalue weighted by Gasteiger charge is 2.21. The van der Waals surface area contributed by atoms with E-state index in [0.29, 0.717) is 36.8 Å². The van der Waals surface area contributed by atoms with E-state index in [-0.39, 0.29) is 5.91 Å². The summed E-state index contributed by atoms with van der Waals surface area (Å²) in [5, 5.41) is 8.80. The molecule has 152 valence electrons. The second kappa shape index (κ2) is 9.28. The number of aryl methyl sites for hydroxylation is 1. The van der Waals surface area contributed by atoms with Crippen LogP contribution >= 0.6 is 0 Å². The quantitative estimate of drug-likeness (QED) is 0.772. The van der Waals surface area contributed by atoms with Crippen LogP contribution in [0.3, 0.4) is 0 Å². The van der Waals surface area contributed by atoms with E-state index in [0.717, 1.165) is 6.42 Å². The van der Waals surface area contributed by atoms with Crippen molar-refractivity contribution in [2.45, 2.75) is 20.3 Å². The normalized spacial score (nSPS) is 13.6. The maximum atomic E-state index is 12.9. The van der Waals surface area contributed by atoms with Crippen LogP contribution in [-0.2, 0) is 4.79 Å². The molecule has 1 N–H and O–H groups in total. The molecule has 0 spiro atoms. The monoisotopic (exact) mass is 395 g/mol. The fraction of sp³-hybridized carbons (Fsp3) is 0.304. The van der Waals surface area contributed by atoms with Crippen molar-refractivity contribution in [1.82, 2.24) is 4.90 Å². The lowest BCUT2D eigenvalue weighted by atomic mass is 9.98. The van der Waals surface area contributed by atoms with Gasteiger partial charge in [0.05, 0.1) is 6.61 Å². The van der Waals surface area contributed by atoms with Crippen molar-refractivity contribution in [2.75, 3.05) is 26.3 Å². The molecule has 0 bridgehead atoms. The summed E-state index contributed by atoms with van der Waals surface area (Å²) in [5.74, 6) is -0.480. The lowest BCUT2D eigenvalue weighted by Crippen LogP contribution is -2.34. The number of hydrogen-bond donors (Lipinski definition) is 1. The molecule has 1 heterocycles. The molecular weight excluding hydrogens is 370 g/mol. The van der Waals surface area contributed by atoms with Crippen LogP contribution in [0.25, 0.3) is 5.57 Å². The van der Waals surface area contributed by atoms with Gasteiger partial charge in [-0.1, -0.05) is 35.9 Å². The van der Waals surface area contributed by atoms with Gasteiger partial charge in [0.2, 0.25) is 0 Å². The van der Waals surface area contributed by atoms with Crippen molar-refractivity contribution in [1.29, 1.82) is 0 Å². The maximum absolute atomic E-state index is 12.9. The van der Waals surface area contributed by atoms with E-state index in [2.05, 4.69) is 31.2 Å². The summed E-state index contributed by atoms with van der Waals surface area (Å²) in [6.45, 7) is 4.99. The molecule has 29 heavy (non-hydrogen) atoms. The lowest BCUT2D eigenvalue weighted by Gasteiger charge is -2.27. The van der Waals surface area contributed by atoms with E-state index < -0.39 is 12.6 Å². The molecule has 2 aromatic carbocycles. The van der Waals surface area contributed by atoms with Crippen LogP contribution in [0.5, 0.6) is 11.5 Å². The van der Waals surface area contributed by atoms with Gasteiger partial charge < -0.3 is 19.5 Å². The topological polar surface area (TPSA) is 76.1 Å². The molecule has 1 aliphatic heterocycles. The molecule has 0 aromatic heterocycles. The molecule has 0 saturated heterocycles. The number of rotatable bonds is 7. The Balaban J connectivity index is 1.73. The van der Waals surface area contributed by atoms with Crippen molar-refractivity contribution >= 4 is 17.4 Å². The number of carboxylic acid groups (broad SMARTS) is 1. The van der Waals surface area contributed by atoms with E-state index in [4.69, 9.17) is 14.6 Å². The Morgan fingerprint density at radius 2 is 1.93 bits per heavy atom. The summed E-state index contributed by atoms with van der Waals surface area (Å²) in [4.78, 5) is 25.5. The van der Waals surface area contributed by atoms with Crippen LogP contribution in [0.4, 0.5) is 0 Å². The summed E-state index contributed by atoms with van der Waals surface area (Å²) < 4.78 is 10.8. The Kier molecular flexibility index (Phi) is 6.54. The summed E-state index contributed by atoms with van der Waals surface area (Å²) >= 11 is 0. The van der Waals surface area contributed by atoms with Crippen LogP contribution in [0, 0.1) is 6.92 Å². The number of carboxylic acids is 1. The number of aliphatic carboxylic acids is 1. The molecular formula is C23H25NO5. The number of amides is 1. The molecule has 1 amide bonds. The third-order valence-corrected chi connectivity index (χ3v) is 4.73. The largest absolute Gasteiger partial charge is 0.490 e. The zero-order valence-corrected chi connectivity index (χ0v) is 16.7. The average Bonchev–Trinajstić information content (AvgIpc) is 2.72. The summed E-state index contributed by atoms with van der Waals surface area (Å²) in [7, 11) is 0. The Hall–Kier alpha value is -3.28. The minimum atomic E-state index is -1.07. The second-order valence-corrected chi connectivity index (χ2v) is 6.88. The number of carbonyl (C=O) groups excluding carboxylic acids is 1. The predicted octanol–water partition coefficient (Wildman–Crippen LogP) is 3.79. The Morgan fingerprint density at radius 1 is 1.10 bits per heavy atom.